The summed E-state index contributed by atoms with van der Waals surface area (Å²) >= 11 is 0. The van der Waals surface area contributed by atoms with Gasteiger partial charge in [0.2, 0.25) is 0 Å². The number of ketones is 1. The second-order valence-electron chi connectivity index (χ2n) is 8.48. The van der Waals surface area contributed by atoms with E-state index < -0.39 is 17.0 Å². The van der Waals surface area contributed by atoms with Crippen LogP contribution in [-0.4, -0.2) is 21.5 Å². The van der Waals surface area contributed by atoms with E-state index in [4.69, 9.17) is 5.73 Å². The summed E-state index contributed by atoms with van der Waals surface area (Å²) in [6.45, 7) is 10.4. The molecular formula is C21H30N4O3. The van der Waals surface area contributed by atoms with Crippen molar-refractivity contribution in [1.29, 1.82) is 0 Å². The number of anilines is 2. The van der Waals surface area contributed by atoms with Gasteiger partial charge in [-0.05, 0) is 23.0 Å². The van der Waals surface area contributed by atoms with Crippen LogP contribution in [0.2, 0.25) is 0 Å². The van der Waals surface area contributed by atoms with Gasteiger partial charge < -0.3 is 11.1 Å². The van der Waals surface area contributed by atoms with Crippen LogP contribution in [0.5, 0.6) is 0 Å². The number of rotatable bonds is 6. The topological polar surface area (TPSA) is 99.1 Å². The standard InChI is InChI=1S/C21H30N4O3/c1-13(2)12-25-18(22)17(19(27)24(6)20(25)28)16(26)11-23-15-10-8-7-9-14(15)21(3,4)5/h7-10,13,23H,11-12,22H2,1-6H3. The molecule has 1 heterocycles. The Balaban J connectivity index is 2.40. The molecule has 0 aliphatic heterocycles. The first-order chi connectivity index (χ1) is 12.9. The van der Waals surface area contributed by atoms with E-state index in [1.54, 1.807) is 0 Å². The third kappa shape index (κ3) is 4.35. The van der Waals surface area contributed by atoms with Gasteiger partial charge in [-0.1, -0.05) is 52.8 Å². The predicted octanol–water partition coefficient (Wildman–Crippen LogP) is 2.38. The van der Waals surface area contributed by atoms with E-state index in [0.717, 1.165) is 15.8 Å². The highest BCUT2D eigenvalue weighted by atomic mass is 16.2. The summed E-state index contributed by atoms with van der Waals surface area (Å²) in [7, 11) is 1.36. The number of carbonyl (C=O) groups is 1. The van der Waals surface area contributed by atoms with Crippen molar-refractivity contribution in [3.05, 3.63) is 56.2 Å². The van der Waals surface area contributed by atoms with Gasteiger partial charge in [0.25, 0.3) is 5.56 Å². The van der Waals surface area contributed by atoms with Crippen LogP contribution < -0.4 is 22.3 Å². The fourth-order valence-electron chi connectivity index (χ4n) is 3.14. The maximum absolute atomic E-state index is 12.9. The number of nitrogens with two attached hydrogens (primary N) is 1. The first kappa shape index (κ1) is 21.5. The summed E-state index contributed by atoms with van der Waals surface area (Å²) in [5.41, 5.74) is 6.53. The lowest BCUT2D eigenvalue weighted by atomic mass is 9.86. The molecule has 2 rings (SSSR count). The summed E-state index contributed by atoms with van der Waals surface area (Å²) in [5, 5.41) is 3.13. The van der Waals surface area contributed by atoms with Gasteiger partial charge in [0, 0.05) is 19.3 Å². The normalized spacial score (nSPS) is 11.7. The largest absolute Gasteiger partial charge is 0.384 e. The van der Waals surface area contributed by atoms with Crippen LogP contribution in [-0.2, 0) is 19.0 Å². The molecule has 1 aromatic carbocycles. The monoisotopic (exact) mass is 386 g/mol. The maximum Gasteiger partial charge on any atom is 0.332 e. The minimum Gasteiger partial charge on any atom is -0.384 e. The van der Waals surface area contributed by atoms with Crippen molar-refractivity contribution in [2.24, 2.45) is 13.0 Å². The third-order valence-corrected chi connectivity index (χ3v) is 4.58. The minimum absolute atomic E-state index is 0.0716. The molecule has 2 aromatic rings. The number of aromatic nitrogens is 2. The third-order valence-electron chi connectivity index (χ3n) is 4.58. The number of nitrogens with one attached hydrogen (secondary N) is 1. The molecule has 0 bridgehead atoms. The number of hydrogen-bond donors (Lipinski definition) is 2. The highest BCUT2D eigenvalue weighted by molar-refractivity contribution is 6.02. The number of nitrogen functional groups attached to an aromatic ring is 1. The zero-order valence-corrected chi connectivity index (χ0v) is 17.5. The van der Waals surface area contributed by atoms with E-state index in [2.05, 4.69) is 26.1 Å². The fourth-order valence-corrected chi connectivity index (χ4v) is 3.14. The molecule has 0 fully saturated rings. The number of nitrogens with zero attached hydrogens (tertiary/aromatic N) is 2. The smallest absolute Gasteiger partial charge is 0.332 e. The highest BCUT2D eigenvalue weighted by Crippen LogP contribution is 2.29. The van der Waals surface area contributed by atoms with Crippen molar-refractivity contribution in [2.75, 3.05) is 17.6 Å². The molecule has 7 nitrogen and oxygen atoms in total. The molecule has 3 N–H and O–H groups in total. The van der Waals surface area contributed by atoms with Crippen molar-refractivity contribution in [3.8, 4) is 0 Å². The summed E-state index contributed by atoms with van der Waals surface area (Å²) < 4.78 is 2.23. The molecule has 0 saturated carbocycles. The molecule has 28 heavy (non-hydrogen) atoms. The van der Waals surface area contributed by atoms with Gasteiger partial charge >= 0.3 is 5.69 Å². The van der Waals surface area contributed by atoms with Crippen LogP contribution in [0.15, 0.2) is 33.9 Å². The minimum atomic E-state index is -0.668. The van der Waals surface area contributed by atoms with E-state index in [1.807, 2.05) is 38.1 Å². The van der Waals surface area contributed by atoms with Gasteiger partial charge in [-0.3, -0.25) is 18.7 Å². The highest BCUT2D eigenvalue weighted by Gasteiger charge is 2.23. The molecule has 152 valence electrons. The quantitative estimate of drug-likeness (QED) is 0.743. The van der Waals surface area contributed by atoms with Crippen LogP contribution in [0.25, 0.3) is 0 Å². The van der Waals surface area contributed by atoms with Gasteiger partial charge in [0.15, 0.2) is 5.78 Å². The van der Waals surface area contributed by atoms with E-state index in [-0.39, 0.29) is 29.3 Å². The van der Waals surface area contributed by atoms with E-state index in [1.165, 1.54) is 11.6 Å². The van der Waals surface area contributed by atoms with Crippen molar-refractivity contribution in [3.63, 3.8) is 0 Å². The SMILES string of the molecule is CC(C)Cn1c(N)c(C(=O)CNc2ccccc2C(C)(C)C)c(=O)n(C)c1=O. The van der Waals surface area contributed by atoms with Crippen molar-refractivity contribution >= 4 is 17.3 Å². The average molecular weight is 386 g/mol. The van der Waals surface area contributed by atoms with Crippen molar-refractivity contribution < 1.29 is 4.79 Å². The zero-order chi connectivity index (χ0) is 21.2. The molecule has 7 heteroatoms. The zero-order valence-electron chi connectivity index (χ0n) is 17.5. The molecule has 0 amide bonds. The number of para-hydroxylation sites is 1. The second kappa shape index (κ2) is 8.04. The summed E-state index contributed by atoms with van der Waals surface area (Å²) in [4.78, 5) is 37.8. The molecule has 0 atom stereocenters. The van der Waals surface area contributed by atoms with Gasteiger partial charge in [-0.2, -0.15) is 0 Å². The fraction of sp³-hybridized carbons (Fsp3) is 0.476. The first-order valence-corrected chi connectivity index (χ1v) is 9.41. The molecule has 0 aliphatic carbocycles. The Kier molecular flexibility index (Phi) is 6.17. The number of benzene rings is 1. The van der Waals surface area contributed by atoms with E-state index in [9.17, 15) is 14.4 Å². The summed E-state index contributed by atoms with van der Waals surface area (Å²) in [5.74, 6) is -0.380. The van der Waals surface area contributed by atoms with Gasteiger partial charge in [-0.15, -0.1) is 0 Å². The van der Waals surface area contributed by atoms with Gasteiger partial charge in [0.1, 0.15) is 11.4 Å². The maximum atomic E-state index is 12.9. The Bertz CT molecular complexity index is 994. The molecule has 0 spiro atoms. The molecule has 0 radical (unpaired) electrons. The molecule has 0 unspecified atom stereocenters. The summed E-state index contributed by atoms with van der Waals surface area (Å²) in [6.07, 6.45) is 0. The van der Waals surface area contributed by atoms with Crippen LogP contribution >= 0.6 is 0 Å². The van der Waals surface area contributed by atoms with Crippen molar-refractivity contribution in [1.82, 2.24) is 9.13 Å². The Hall–Kier alpha value is -2.83. The lowest BCUT2D eigenvalue weighted by Gasteiger charge is -2.23. The number of Topliss-reactive ketones (excluding diaryl/α,β-unsaturated/α-hetero) is 1. The molecule has 1 aromatic heterocycles. The Morgan fingerprint density at radius 2 is 1.79 bits per heavy atom. The Labute approximate surface area is 165 Å². The van der Waals surface area contributed by atoms with E-state index >= 15 is 0 Å². The van der Waals surface area contributed by atoms with Crippen LogP contribution in [0.4, 0.5) is 11.5 Å². The van der Waals surface area contributed by atoms with E-state index in [0.29, 0.717) is 6.54 Å². The lowest BCUT2D eigenvalue weighted by Crippen LogP contribution is -2.43. The van der Waals surface area contributed by atoms with Gasteiger partial charge in [0.05, 0.1) is 6.54 Å². The Morgan fingerprint density at radius 1 is 1.18 bits per heavy atom. The molecule has 0 aliphatic rings. The number of carbonyl (C=O) groups excluding carboxylic acids is 1. The summed E-state index contributed by atoms with van der Waals surface area (Å²) in [6, 6.07) is 7.74. The van der Waals surface area contributed by atoms with Crippen molar-refractivity contribution in [2.45, 2.75) is 46.6 Å². The second-order valence-corrected chi connectivity index (χ2v) is 8.48. The number of hydrogen-bond acceptors (Lipinski definition) is 5. The predicted molar refractivity (Wildman–Crippen MR) is 113 cm³/mol. The Morgan fingerprint density at radius 3 is 2.36 bits per heavy atom. The first-order valence-electron chi connectivity index (χ1n) is 9.41. The average Bonchev–Trinajstić information content (AvgIpc) is 2.61. The van der Waals surface area contributed by atoms with Gasteiger partial charge in [-0.25, -0.2) is 4.79 Å². The lowest BCUT2D eigenvalue weighted by molar-refractivity contribution is 0.100. The molecule has 0 saturated heterocycles. The molecular weight excluding hydrogens is 356 g/mol. The van der Waals surface area contributed by atoms with Crippen LogP contribution in [0.3, 0.4) is 0 Å². The van der Waals surface area contributed by atoms with Crippen LogP contribution in [0.1, 0.15) is 50.5 Å². The van der Waals surface area contributed by atoms with Crippen LogP contribution in [0, 0.1) is 5.92 Å².